The first-order valence-corrected chi connectivity index (χ1v) is 13.4. The van der Waals surface area contributed by atoms with Crippen molar-refractivity contribution in [3.05, 3.63) is 59.7 Å². The van der Waals surface area contributed by atoms with Crippen molar-refractivity contribution in [1.29, 1.82) is 0 Å². The minimum Gasteiger partial charge on any atom is -0.493 e. The zero-order valence-corrected chi connectivity index (χ0v) is 23.3. The van der Waals surface area contributed by atoms with Gasteiger partial charge in [-0.3, -0.25) is 0 Å². The zero-order chi connectivity index (χ0) is 26.6. The monoisotopic (exact) mass is 525 g/mol. The molecule has 0 unspecified atom stereocenters. The average molecular weight is 526 g/mol. The summed E-state index contributed by atoms with van der Waals surface area (Å²) in [5, 5.41) is 7.47. The van der Waals surface area contributed by atoms with Gasteiger partial charge in [-0.2, -0.15) is 0 Å². The van der Waals surface area contributed by atoms with Crippen molar-refractivity contribution in [1.82, 2.24) is 15.5 Å². The third kappa shape index (κ3) is 6.12. The summed E-state index contributed by atoms with van der Waals surface area (Å²) >= 11 is 5.63. The average Bonchev–Trinajstić information content (AvgIpc) is 3.27. The lowest BCUT2D eigenvalue weighted by Crippen LogP contribution is -2.55. The summed E-state index contributed by atoms with van der Waals surface area (Å²) in [6.45, 7) is 7.04. The number of amides is 1. The van der Waals surface area contributed by atoms with Gasteiger partial charge in [0.1, 0.15) is 5.60 Å². The molecular weight excluding hydrogens is 486 g/mol. The number of likely N-dealkylation sites (tertiary alicyclic amines) is 1. The standard InChI is InChI=1S/C29H39N3O4S/c1-28(2,3)36-27(33)32-16-15-29(21-11-12-23(34-4)24(17-21)35-5)14-13-22(18-25(29)32)31-26(37)30-19-20-9-7-6-8-10-20/h6-12,17,22,25H,13-16,18-19H2,1-5H3,(H2,30,31,37)/t22-,25+,29-/m0/s1. The Morgan fingerprint density at radius 1 is 1.08 bits per heavy atom. The maximum Gasteiger partial charge on any atom is 0.410 e. The third-order valence-electron chi connectivity index (χ3n) is 7.48. The van der Waals surface area contributed by atoms with Crippen LogP contribution in [0, 0.1) is 0 Å². The number of carbonyl (C=O) groups excluding carboxylic acids is 1. The zero-order valence-electron chi connectivity index (χ0n) is 22.5. The molecule has 200 valence electrons. The summed E-state index contributed by atoms with van der Waals surface area (Å²) < 4.78 is 16.9. The molecule has 8 heteroatoms. The summed E-state index contributed by atoms with van der Waals surface area (Å²) in [6.07, 6.45) is 3.26. The summed E-state index contributed by atoms with van der Waals surface area (Å²) in [6, 6.07) is 16.5. The van der Waals surface area contributed by atoms with Gasteiger partial charge in [-0.15, -0.1) is 0 Å². The van der Waals surface area contributed by atoms with E-state index in [9.17, 15) is 4.79 Å². The highest BCUT2D eigenvalue weighted by molar-refractivity contribution is 7.80. The van der Waals surface area contributed by atoms with Crippen LogP contribution >= 0.6 is 12.2 Å². The Bertz CT molecular complexity index is 1100. The summed E-state index contributed by atoms with van der Waals surface area (Å²) in [7, 11) is 3.30. The van der Waals surface area contributed by atoms with E-state index in [1.54, 1.807) is 14.2 Å². The van der Waals surface area contributed by atoms with Gasteiger partial charge in [0.2, 0.25) is 0 Å². The minimum absolute atomic E-state index is 0.0244. The van der Waals surface area contributed by atoms with Crippen LogP contribution in [0.1, 0.15) is 57.6 Å². The molecule has 1 saturated heterocycles. The second-order valence-corrected chi connectivity index (χ2v) is 11.4. The van der Waals surface area contributed by atoms with E-state index < -0.39 is 5.60 Å². The Morgan fingerprint density at radius 3 is 2.49 bits per heavy atom. The molecule has 0 bridgehead atoms. The highest BCUT2D eigenvalue weighted by atomic mass is 32.1. The van der Waals surface area contributed by atoms with Crippen LogP contribution in [0.4, 0.5) is 4.79 Å². The number of hydrogen-bond donors (Lipinski definition) is 2. The lowest BCUT2D eigenvalue weighted by atomic mass is 9.65. The Hall–Kier alpha value is -3.00. The van der Waals surface area contributed by atoms with Gasteiger partial charge in [0.15, 0.2) is 16.6 Å². The van der Waals surface area contributed by atoms with E-state index in [1.165, 1.54) is 11.1 Å². The Kier molecular flexibility index (Phi) is 8.17. The number of methoxy groups -OCH3 is 2. The molecule has 4 rings (SSSR count). The van der Waals surface area contributed by atoms with Gasteiger partial charge in [0.05, 0.1) is 14.2 Å². The Labute approximate surface area is 225 Å². The van der Waals surface area contributed by atoms with Crippen LogP contribution in [-0.2, 0) is 16.7 Å². The first-order valence-electron chi connectivity index (χ1n) is 13.0. The highest BCUT2D eigenvalue weighted by Crippen LogP contribution is 2.50. The first-order chi connectivity index (χ1) is 17.6. The lowest BCUT2D eigenvalue weighted by Gasteiger charge is -2.45. The number of carbonyl (C=O) groups is 1. The fraction of sp³-hybridized carbons (Fsp3) is 0.517. The maximum atomic E-state index is 13.3. The van der Waals surface area contributed by atoms with E-state index in [4.69, 9.17) is 26.4 Å². The van der Waals surface area contributed by atoms with Crippen LogP contribution in [-0.4, -0.2) is 54.6 Å². The third-order valence-corrected chi connectivity index (χ3v) is 7.74. The number of thiocarbonyl (C=S) groups is 1. The molecule has 1 aliphatic carbocycles. The second kappa shape index (κ2) is 11.2. The quantitative estimate of drug-likeness (QED) is 0.504. The molecule has 37 heavy (non-hydrogen) atoms. The molecule has 0 aromatic heterocycles. The van der Waals surface area contributed by atoms with Crippen LogP contribution in [0.3, 0.4) is 0 Å². The molecule has 0 radical (unpaired) electrons. The van der Waals surface area contributed by atoms with E-state index in [2.05, 4.69) is 34.9 Å². The van der Waals surface area contributed by atoms with E-state index in [0.717, 1.165) is 25.7 Å². The van der Waals surface area contributed by atoms with Crippen LogP contribution in [0.15, 0.2) is 48.5 Å². The number of hydrogen-bond acceptors (Lipinski definition) is 5. The number of ether oxygens (including phenoxy) is 3. The number of nitrogens with zero attached hydrogens (tertiary/aromatic N) is 1. The predicted molar refractivity (Wildman–Crippen MR) is 149 cm³/mol. The SMILES string of the molecule is COc1ccc([C@@]23CC[C@H](NC(=S)NCc4ccccc4)C[C@H]2N(C(=O)OC(C)(C)C)CC3)cc1OC. The number of nitrogens with one attached hydrogen (secondary N) is 2. The fourth-order valence-electron chi connectivity index (χ4n) is 5.72. The van der Waals surface area contributed by atoms with Crippen LogP contribution in [0.2, 0.25) is 0 Å². The molecule has 7 nitrogen and oxygen atoms in total. The molecule has 0 spiro atoms. The van der Waals surface area contributed by atoms with Crippen molar-refractivity contribution in [2.45, 2.75) is 76.1 Å². The Morgan fingerprint density at radius 2 is 1.81 bits per heavy atom. The first kappa shape index (κ1) is 27.0. The fourth-order valence-corrected chi connectivity index (χ4v) is 5.95. The predicted octanol–water partition coefficient (Wildman–Crippen LogP) is 5.17. The van der Waals surface area contributed by atoms with Gasteiger partial charge in [0, 0.05) is 30.6 Å². The lowest BCUT2D eigenvalue weighted by molar-refractivity contribution is 0.0150. The molecular formula is C29H39N3O4S. The van der Waals surface area contributed by atoms with Gasteiger partial charge in [-0.05, 0) is 81.9 Å². The van der Waals surface area contributed by atoms with Crippen molar-refractivity contribution in [2.24, 2.45) is 0 Å². The van der Waals surface area contributed by atoms with Gasteiger partial charge in [0.25, 0.3) is 0 Å². The van der Waals surface area contributed by atoms with Gasteiger partial charge in [-0.1, -0.05) is 36.4 Å². The largest absolute Gasteiger partial charge is 0.493 e. The molecule has 1 amide bonds. The smallest absolute Gasteiger partial charge is 0.410 e. The van der Waals surface area contributed by atoms with E-state index in [0.29, 0.717) is 29.7 Å². The minimum atomic E-state index is -0.555. The molecule has 2 fully saturated rings. The van der Waals surface area contributed by atoms with Crippen molar-refractivity contribution in [3.8, 4) is 11.5 Å². The molecule has 1 saturated carbocycles. The van der Waals surface area contributed by atoms with Crippen LogP contribution < -0.4 is 20.1 Å². The highest BCUT2D eigenvalue weighted by Gasteiger charge is 2.54. The van der Waals surface area contributed by atoms with E-state index in [-0.39, 0.29) is 23.6 Å². The summed E-state index contributed by atoms with van der Waals surface area (Å²) in [4.78, 5) is 15.2. The van der Waals surface area contributed by atoms with Gasteiger partial charge in [-0.25, -0.2) is 4.79 Å². The van der Waals surface area contributed by atoms with Crippen LogP contribution in [0.5, 0.6) is 11.5 Å². The molecule has 2 N–H and O–H groups in total. The topological polar surface area (TPSA) is 72.1 Å². The van der Waals surface area contributed by atoms with Gasteiger partial charge < -0.3 is 29.7 Å². The van der Waals surface area contributed by atoms with E-state index >= 15 is 0 Å². The number of benzene rings is 2. The van der Waals surface area contributed by atoms with E-state index in [1.807, 2.05) is 49.9 Å². The van der Waals surface area contributed by atoms with Crippen molar-refractivity contribution in [2.75, 3.05) is 20.8 Å². The molecule has 2 aromatic rings. The van der Waals surface area contributed by atoms with Crippen molar-refractivity contribution >= 4 is 23.4 Å². The normalized spacial score (nSPS) is 23.1. The second-order valence-electron chi connectivity index (χ2n) is 10.9. The molecule has 3 atom stereocenters. The summed E-state index contributed by atoms with van der Waals surface area (Å²) in [5.74, 6) is 1.40. The molecule has 1 aliphatic heterocycles. The molecule has 1 heterocycles. The Balaban J connectivity index is 1.54. The molecule has 2 aliphatic rings. The number of rotatable bonds is 6. The summed E-state index contributed by atoms with van der Waals surface area (Å²) in [5.41, 5.74) is 1.60. The van der Waals surface area contributed by atoms with Crippen molar-refractivity contribution in [3.63, 3.8) is 0 Å². The van der Waals surface area contributed by atoms with Crippen LogP contribution in [0.25, 0.3) is 0 Å². The number of fused-ring (bicyclic) bond motifs is 1. The van der Waals surface area contributed by atoms with Gasteiger partial charge >= 0.3 is 6.09 Å². The molecule has 2 aromatic carbocycles. The maximum absolute atomic E-state index is 13.3. The van der Waals surface area contributed by atoms with Crippen molar-refractivity contribution < 1.29 is 19.0 Å².